The SMILES string of the molecule is COCCOC(=O)NC1Cc2ccc(NC(=O)c3ccccc3-c3ccc(C(F)(F)F)cc3)cc2C1. The van der Waals surface area contributed by atoms with E-state index in [1.54, 1.807) is 30.3 Å². The number of benzene rings is 3. The topological polar surface area (TPSA) is 76.7 Å². The number of fused-ring (bicyclic) bond motifs is 1. The number of hydrogen-bond acceptors (Lipinski definition) is 4. The first-order valence-corrected chi connectivity index (χ1v) is 11.4. The van der Waals surface area contributed by atoms with Crippen LogP contribution in [0.1, 0.15) is 27.0 Å². The zero-order valence-electron chi connectivity index (χ0n) is 19.5. The molecule has 3 aromatic rings. The van der Waals surface area contributed by atoms with E-state index in [9.17, 15) is 22.8 Å². The standard InChI is InChI=1S/C27H25F3N2O4/c1-35-12-13-36-26(34)32-22-14-18-8-11-21(15-19(18)16-22)31-25(33)24-5-3-2-4-23(24)17-6-9-20(10-7-17)27(28,29)30/h2-11,15,22H,12-14,16H2,1H3,(H,31,33)(H,32,34). The molecule has 1 unspecified atom stereocenters. The summed E-state index contributed by atoms with van der Waals surface area (Å²) in [6, 6.07) is 16.9. The molecule has 6 nitrogen and oxygen atoms in total. The molecule has 0 aromatic heterocycles. The first kappa shape index (κ1) is 25.2. The molecule has 0 aliphatic heterocycles. The zero-order chi connectivity index (χ0) is 25.7. The van der Waals surface area contributed by atoms with Crippen molar-refractivity contribution >= 4 is 17.7 Å². The van der Waals surface area contributed by atoms with Gasteiger partial charge < -0.3 is 20.1 Å². The number of carbonyl (C=O) groups is 2. The van der Waals surface area contributed by atoms with E-state index in [1.165, 1.54) is 19.2 Å². The third-order valence-electron chi connectivity index (χ3n) is 5.93. The molecule has 1 atom stereocenters. The Hall–Kier alpha value is -3.85. The molecule has 1 aliphatic carbocycles. The van der Waals surface area contributed by atoms with Gasteiger partial charge in [0.05, 0.1) is 12.2 Å². The van der Waals surface area contributed by atoms with Crippen LogP contribution < -0.4 is 10.6 Å². The van der Waals surface area contributed by atoms with Crippen molar-refractivity contribution in [1.82, 2.24) is 5.32 Å². The van der Waals surface area contributed by atoms with Crippen molar-refractivity contribution in [3.8, 4) is 11.1 Å². The summed E-state index contributed by atoms with van der Waals surface area (Å²) in [7, 11) is 1.53. The number of hydrogen-bond donors (Lipinski definition) is 2. The normalized spacial score (nSPS) is 14.7. The predicted octanol–water partition coefficient (Wildman–Crippen LogP) is 5.46. The van der Waals surface area contributed by atoms with Crippen molar-refractivity contribution in [2.75, 3.05) is 25.6 Å². The average molecular weight is 499 g/mol. The van der Waals surface area contributed by atoms with Gasteiger partial charge >= 0.3 is 12.3 Å². The molecule has 0 fully saturated rings. The molecular formula is C27H25F3N2O4. The first-order chi connectivity index (χ1) is 17.2. The number of carbonyl (C=O) groups excluding carboxylic acids is 2. The molecule has 4 rings (SSSR count). The number of ether oxygens (including phenoxy) is 2. The minimum atomic E-state index is -4.43. The van der Waals surface area contributed by atoms with Gasteiger partial charge in [0.25, 0.3) is 5.91 Å². The van der Waals surface area contributed by atoms with E-state index < -0.39 is 17.8 Å². The van der Waals surface area contributed by atoms with E-state index in [-0.39, 0.29) is 18.6 Å². The van der Waals surface area contributed by atoms with Gasteiger partial charge in [-0.3, -0.25) is 4.79 Å². The van der Waals surface area contributed by atoms with Crippen LogP contribution in [0.3, 0.4) is 0 Å². The second-order valence-corrected chi connectivity index (χ2v) is 8.44. The number of amides is 2. The molecule has 2 amide bonds. The number of rotatable bonds is 7. The van der Waals surface area contributed by atoms with Crippen molar-refractivity contribution in [3.63, 3.8) is 0 Å². The number of alkyl carbamates (subject to hydrolysis) is 1. The molecule has 0 heterocycles. The van der Waals surface area contributed by atoms with Crippen molar-refractivity contribution in [3.05, 3.63) is 89.0 Å². The summed E-state index contributed by atoms with van der Waals surface area (Å²) in [4.78, 5) is 25.0. The minimum absolute atomic E-state index is 0.110. The average Bonchev–Trinajstić information content (AvgIpc) is 3.25. The van der Waals surface area contributed by atoms with Crippen LogP contribution in [0, 0.1) is 0 Å². The molecule has 2 N–H and O–H groups in total. The van der Waals surface area contributed by atoms with Crippen molar-refractivity contribution in [1.29, 1.82) is 0 Å². The number of anilines is 1. The Morgan fingerprint density at radius 3 is 2.39 bits per heavy atom. The fraction of sp³-hybridized carbons (Fsp3) is 0.259. The van der Waals surface area contributed by atoms with E-state index in [1.807, 2.05) is 12.1 Å². The molecular weight excluding hydrogens is 473 g/mol. The lowest BCUT2D eigenvalue weighted by molar-refractivity contribution is -0.137. The van der Waals surface area contributed by atoms with Gasteiger partial charge in [-0.15, -0.1) is 0 Å². The maximum atomic E-state index is 13.1. The Kier molecular flexibility index (Phi) is 7.59. The van der Waals surface area contributed by atoms with Gasteiger partial charge in [-0.05, 0) is 65.4 Å². The van der Waals surface area contributed by atoms with E-state index >= 15 is 0 Å². The highest BCUT2D eigenvalue weighted by Gasteiger charge is 2.30. The number of methoxy groups -OCH3 is 1. The molecule has 1 aliphatic rings. The lowest BCUT2D eigenvalue weighted by Gasteiger charge is -2.13. The largest absolute Gasteiger partial charge is 0.447 e. The van der Waals surface area contributed by atoms with Gasteiger partial charge in [0.2, 0.25) is 0 Å². The van der Waals surface area contributed by atoms with Gasteiger partial charge in [0.15, 0.2) is 0 Å². The van der Waals surface area contributed by atoms with Crippen LogP contribution in [0.5, 0.6) is 0 Å². The molecule has 36 heavy (non-hydrogen) atoms. The van der Waals surface area contributed by atoms with Crippen LogP contribution in [-0.4, -0.2) is 38.4 Å². The number of nitrogens with one attached hydrogen (secondary N) is 2. The summed E-state index contributed by atoms with van der Waals surface area (Å²) in [6.07, 6.45) is -3.68. The Bertz CT molecular complexity index is 1240. The lowest BCUT2D eigenvalue weighted by atomic mass is 9.98. The highest BCUT2D eigenvalue weighted by Crippen LogP contribution is 2.32. The molecule has 0 bridgehead atoms. The number of alkyl halides is 3. The van der Waals surface area contributed by atoms with Crippen LogP contribution in [0.15, 0.2) is 66.7 Å². The second kappa shape index (κ2) is 10.8. The van der Waals surface area contributed by atoms with Crippen molar-refractivity contribution < 1.29 is 32.2 Å². The Morgan fingerprint density at radius 2 is 1.67 bits per heavy atom. The van der Waals surface area contributed by atoms with Crippen LogP contribution in [-0.2, 0) is 28.5 Å². The summed E-state index contributed by atoms with van der Waals surface area (Å²) in [5.74, 6) is -0.375. The van der Waals surface area contributed by atoms with E-state index in [2.05, 4.69) is 10.6 Å². The van der Waals surface area contributed by atoms with Crippen LogP contribution in [0.4, 0.5) is 23.7 Å². The molecule has 0 radical (unpaired) electrons. The molecule has 188 valence electrons. The fourth-order valence-corrected chi connectivity index (χ4v) is 4.19. The molecule has 9 heteroatoms. The van der Waals surface area contributed by atoms with Crippen LogP contribution >= 0.6 is 0 Å². The Morgan fingerprint density at radius 1 is 0.944 bits per heavy atom. The van der Waals surface area contributed by atoms with Crippen molar-refractivity contribution in [2.24, 2.45) is 0 Å². The second-order valence-electron chi connectivity index (χ2n) is 8.44. The highest BCUT2D eigenvalue weighted by molar-refractivity contribution is 6.08. The van der Waals surface area contributed by atoms with E-state index in [4.69, 9.17) is 9.47 Å². The van der Waals surface area contributed by atoms with Gasteiger partial charge in [-0.1, -0.05) is 36.4 Å². The van der Waals surface area contributed by atoms with Gasteiger partial charge in [0.1, 0.15) is 6.61 Å². The van der Waals surface area contributed by atoms with Crippen molar-refractivity contribution in [2.45, 2.75) is 25.1 Å². The summed E-state index contributed by atoms with van der Waals surface area (Å²) >= 11 is 0. The third-order valence-corrected chi connectivity index (χ3v) is 5.93. The number of halogens is 3. The first-order valence-electron chi connectivity index (χ1n) is 11.4. The zero-order valence-corrected chi connectivity index (χ0v) is 19.5. The van der Waals surface area contributed by atoms with Gasteiger partial charge in [0, 0.05) is 24.4 Å². The molecule has 0 saturated carbocycles. The summed E-state index contributed by atoms with van der Waals surface area (Å²) in [5.41, 5.74) is 3.30. The monoisotopic (exact) mass is 498 g/mol. The third kappa shape index (κ3) is 6.04. The van der Waals surface area contributed by atoms with Crippen LogP contribution in [0.25, 0.3) is 11.1 Å². The summed E-state index contributed by atoms with van der Waals surface area (Å²) in [5, 5.41) is 5.71. The highest BCUT2D eigenvalue weighted by atomic mass is 19.4. The van der Waals surface area contributed by atoms with E-state index in [0.29, 0.717) is 41.8 Å². The molecule has 3 aromatic carbocycles. The maximum absolute atomic E-state index is 13.1. The Balaban J connectivity index is 1.44. The minimum Gasteiger partial charge on any atom is -0.447 e. The summed E-state index contributed by atoms with van der Waals surface area (Å²) in [6.45, 7) is 0.496. The van der Waals surface area contributed by atoms with Gasteiger partial charge in [-0.25, -0.2) is 4.79 Å². The Labute approximate surface area is 206 Å². The predicted molar refractivity (Wildman–Crippen MR) is 129 cm³/mol. The lowest BCUT2D eigenvalue weighted by Crippen LogP contribution is -2.36. The summed E-state index contributed by atoms with van der Waals surface area (Å²) < 4.78 is 48.7. The van der Waals surface area contributed by atoms with E-state index in [0.717, 1.165) is 23.3 Å². The fourth-order valence-electron chi connectivity index (χ4n) is 4.19. The molecule has 0 spiro atoms. The smallest absolute Gasteiger partial charge is 0.416 e. The molecule has 0 saturated heterocycles. The quantitative estimate of drug-likeness (QED) is 0.424. The maximum Gasteiger partial charge on any atom is 0.416 e. The van der Waals surface area contributed by atoms with Gasteiger partial charge in [-0.2, -0.15) is 13.2 Å². The van der Waals surface area contributed by atoms with Crippen LogP contribution in [0.2, 0.25) is 0 Å².